The molecule has 0 saturated heterocycles. The van der Waals surface area contributed by atoms with E-state index in [1.54, 1.807) is 0 Å². The third kappa shape index (κ3) is 4.39. The molecular formula is C15H29N3O2. The van der Waals surface area contributed by atoms with Gasteiger partial charge in [-0.05, 0) is 24.7 Å². The lowest BCUT2D eigenvalue weighted by molar-refractivity contribution is -0.128. The maximum absolute atomic E-state index is 12.6. The lowest BCUT2D eigenvalue weighted by atomic mass is 9.78. The summed E-state index contributed by atoms with van der Waals surface area (Å²) in [6.45, 7) is 7.06. The van der Waals surface area contributed by atoms with Crippen molar-refractivity contribution in [3.8, 4) is 0 Å². The average Bonchev–Trinajstić information content (AvgIpc) is 2.62. The Morgan fingerprint density at radius 3 is 2.25 bits per heavy atom. The summed E-state index contributed by atoms with van der Waals surface area (Å²) in [6.07, 6.45) is 6.36. The van der Waals surface area contributed by atoms with E-state index in [0.717, 1.165) is 32.1 Å². The van der Waals surface area contributed by atoms with Crippen molar-refractivity contribution in [1.29, 1.82) is 0 Å². The predicted octanol–water partition coefficient (Wildman–Crippen LogP) is 2.63. The summed E-state index contributed by atoms with van der Waals surface area (Å²) in [6, 6.07) is 0. The SMILES string of the molecule is CC(C)(C)CCNC(=O)C1(C(N)=NO)CCCCCC1. The minimum absolute atomic E-state index is 0.0626. The van der Waals surface area contributed by atoms with Crippen LogP contribution in [0.2, 0.25) is 0 Å². The van der Waals surface area contributed by atoms with Crippen molar-refractivity contribution >= 4 is 11.7 Å². The number of nitrogens with two attached hydrogens (primary N) is 1. The van der Waals surface area contributed by atoms with Gasteiger partial charge in [-0.1, -0.05) is 51.6 Å². The highest BCUT2D eigenvalue weighted by Crippen LogP contribution is 2.35. The van der Waals surface area contributed by atoms with Gasteiger partial charge in [-0.25, -0.2) is 0 Å². The molecule has 5 nitrogen and oxygen atoms in total. The van der Waals surface area contributed by atoms with E-state index >= 15 is 0 Å². The Bertz CT molecular complexity index is 351. The first kappa shape index (κ1) is 16.8. The quantitative estimate of drug-likeness (QED) is 0.244. The smallest absolute Gasteiger partial charge is 0.233 e. The lowest BCUT2D eigenvalue weighted by Crippen LogP contribution is -2.50. The van der Waals surface area contributed by atoms with E-state index in [4.69, 9.17) is 10.9 Å². The highest BCUT2D eigenvalue weighted by molar-refractivity contribution is 6.06. The summed E-state index contributed by atoms with van der Waals surface area (Å²) in [5.41, 5.74) is 5.21. The molecule has 1 amide bonds. The van der Waals surface area contributed by atoms with Crippen molar-refractivity contribution in [2.75, 3.05) is 6.54 Å². The number of amides is 1. The molecule has 0 bridgehead atoms. The highest BCUT2D eigenvalue weighted by Gasteiger charge is 2.42. The molecule has 0 aromatic rings. The molecule has 0 heterocycles. The first-order chi connectivity index (χ1) is 9.32. The summed E-state index contributed by atoms with van der Waals surface area (Å²) in [5, 5.41) is 15.1. The van der Waals surface area contributed by atoms with Gasteiger partial charge in [-0.3, -0.25) is 4.79 Å². The highest BCUT2D eigenvalue weighted by atomic mass is 16.4. The monoisotopic (exact) mass is 283 g/mol. The molecule has 1 aliphatic rings. The Balaban J connectivity index is 2.75. The van der Waals surface area contributed by atoms with E-state index in [1.807, 2.05) is 0 Å². The molecule has 0 aliphatic heterocycles. The maximum atomic E-state index is 12.6. The number of rotatable bonds is 4. The third-order valence-corrected chi connectivity index (χ3v) is 4.15. The van der Waals surface area contributed by atoms with Crippen LogP contribution < -0.4 is 11.1 Å². The maximum Gasteiger partial charge on any atom is 0.233 e. The zero-order valence-electron chi connectivity index (χ0n) is 13.0. The molecule has 0 spiro atoms. The van der Waals surface area contributed by atoms with Gasteiger partial charge in [-0.2, -0.15) is 0 Å². The van der Waals surface area contributed by atoms with E-state index in [9.17, 15) is 4.79 Å². The number of nitrogens with one attached hydrogen (secondary N) is 1. The van der Waals surface area contributed by atoms with Gasteiger partial charge >= 0.3 is 0 Å². The second-order valence-electron chi connectivity index (χ2n) is 7.05. The van der Waals surface area contributed by atoms with E-state index in [0.29, 0.717) is 19.4 Å². The number of amidine groups is 1. The molecule has 116 valence electrons. The van der Waals surface area contributed by atoms with Gasteiger partial charge in [-0.15, -0.1) is 0 Å². The van der Waals surface area contributed by atoms with Crippen LogP contribution in [0.3, 0.4) is 0 Å². The van der Waals surface area contributed by atoms with Gasteiger partial charge in [0.2, 0.25) is 5.91 Å². The summed E-state index contributed by atoms with van der Waals surface area (Å²) in [5.74, 6) is -0.0217. The standard InChI is InChI=1S/C15H29N3O2/c1-14(2,3)10-11-17-13(19)15(12(16)18-20)8-6-4-5-7-9-15/h20H,4-11H2,1-3H3,(H2,16,18)(H,17,19). The number of nitrogens with zero attached hydrogens (tertiary/aromatic N) is 1. The van der Waals surface area contributed by atoms with E-state index in [2.05, 4.69) is 31.2 Å². The summed E-state index contributed by atoms with van der Waals surface area (Å²) >= 11 is 0. The fourth-order valence-corrected chi connectivity index (χ4v) is 2.75. The van der Waals surface area contributed by atoms with Gasteiger partial charge in [0.25, 0.3) is 0 Å². The average molecular weight is 283 g/mol. The fourth-order valence-electron chi connectivity index (χ4n) is 2.75. The number of hydrogen-bond donors (Lipinski definition) is 3. The van der Waals surface area contributed by atoms with Gasteiger partial charge in [0.1, 0.15) is 5.41 Å². The van der Waals surface area contributed by atoms with Crippen molar-refractivity contribution in [3.05, 3.63) is 0 Å². The number of oxime groups is 1. The van der Waals surface area contributed by atoms with Crippen LogP contribution in [0.1, 0.15) is 65.7 Å². The summed E-state index contributed by atoms with van der Waals surface area (Å²) in [7, 11) is 0. The van der Waals surface area contributed by atoms with Crippen LogP contribution in [-0.2, 0) is 4.79 Å². The first-order valence-corrected chi connectivity index (χ1v) is 7.58. The number of carbonyl (C=O) groups is 1. The van der Waals surface area contributed by atoms with Crippen molar-refractivity contribution in [2.45, 2.75) is 65.7 Å². The predicted molar refractivity (Wildman–Crippen MR) is 80.6 cm³/mol. The Labute approximate surface area is 122 Å². The molecule has 5 heteroatoms. The van der Waals surface area contributed by atoms with Crippen molar-refractivity contribution in [3.63, 3.8) is 0 Å². The Hall–Kier alpha value is -1.26. The molecular weight excluding hydrogens is 254 g/mol. The second-order valence-corrected chi connectivity index (χ2v) is 7.05. The van der Waals surface area contributed by atoms with Crippen LogP contribution in [-0.4, -0.2) is 23.5 Å². The molecule has 1 fully saturated rings. The lowest BCUT2D eigenvalue weighted by Gasteiger charge is -2.30. The zero-order chi connectivity index (χ0) is 15.2. The van der Waals surface area contributed by atoms with E-state index in [-0.39, 0.29) is 17.2 Å². The van der Waals surface area contributed by atoms with Crippen LogP contribution in [0.4, 0.5) is 0 Å². The molecule has 0 radical (unpaired) electrons. The summed E-state index contributed by atoms with van der Waals surface area (Å²) < 4.78 is 0. The molecule has 1 saturated carbocycles. The third-order valence-electron chi connectivity index (χ3n) is 4.15. The van der Waals surface area contributed by atoms with Gasteiger partial charge in [0.15, 0.2) is 5.84 Å². The van der Waals surface area contributed by atoms with Crippen LogP contribution in [0.15, 0.2) is 5.16 Å². The second kappa shape index (κ2) is 6.95. The van der Waals surface area contributed by atoms with Crippen LogP contribution in [0.25, 0.3) is 0 Å². The minimum atomic E-state index is -0.816. The largest absolute Gasteiger partial charge is 0.409 e. The van der Waals surface area contributed by atoms with Gasteiger partial charge in [0.05, 0.1) is 0 Å². The fraction of sp³-hybridized carbons (Fsp3) is 0.867. The summed E-state index contributed by atoms with van der Waals surface area (Å²) in [4.78, 5) is 12.6. The van der Waals surface area contributed by atoms with Crippen molar-refractivity contribution in [2.24, 2.45) is 21.7 Å². The van der Waals surface area contributed by atoms with Crippen LogP contribution in [0.5, 0.6) is 0 Å². The molecule has 0 aromatic heterocycles. The topological polar surface area (TPSA) is 87.7 Å². The van der Waals surface area contributed by atoms with Gasteiger partial charge in [0, 0.05) is 6.54 Å². The Morgan fingerprint density at radius 1 is 1.25 bits per heavy atom. The first-order valence-electron chi connectivity index (χ1n) is 7.58. The molecule has 0 aromatic carbocycles. The Kier molecular flexibility index (Phi) is 5.84. The normalized spacial score (nSPS) is 20.2. The molecule has 4 N–H and O–H groups in total. The van der Waals surface area contributed by atoms with Crippen LogP contribution in [0, 0.1) is 10.8 Å². The molecule has 0 unspecified atom stereocenters. The van der Waals surface area contributed by atoms with Gasteiger partial charge < -0.3 is 16.3 Å². The number of hydrogen-bond acceptors (Lipinski definition) is 3. The number of carbonyl (C=O) groups excluding carboxylic acids is 1. The molecule has 1 aliphatic carbocycles. The molecule has 20 heavy (non-hydrogen) atoms. The van der Waals surface area contributed by atoms with Crippen LogP contribution >= 0.6 is 0 Å². The van der Waals surface area contributed by atoms with Crippen molar-refractivity contribution < 1.29 is 10.0 Å². The van der Waals surface area contributed by atoms with Crippen molar-refractivity contribution in [1.82, 2.24) is 5.32 Å². The minimum Gasteiger partial charge on any atom is -0.409 e. The van der Waals surface area contributed by atoms with E-state index in [1.165, 1.54) is 0 Å². The van der Waals surface area contributed by atoms with E-state index < -0.39 is 5.41 Å². The zero-order valence-corrected chi connectivity index (χ0v) is 13.0. The molecule has 1 rings (SSSR count). The Morgan fingerprint density at radius 2 is 1.80 bits per heavy atom. The molecule has 0 atom stereocenters.